The number of carbonyl (C=O) groups is 2. The highest BCUT2D eigenvalue weighted by molar-refractivity contribution is 5.84. The number of Topliss-reactive ketones (excluding diaryl/α,β-unsaturated/α-hetero) is 1. The molecule has 0 radical (unpaired) electrons. The third-order valence-electron chi connectivity index (χ3n) is 2.94. The number of hydrogen-bond donors (Lipinski definition) is 1. The SMILES string of the molecule is CCC(C)C(=O)CN(C)CC(=O)NC1CC1. The molecule has 0 aromatic carbocycles. The van der Waals surface area contributed by atoms with Gasteiger partial charge in [-0.25, -0.2) is 0 Å². The highest BCUT2D eigenvalue weighted by Crippen LogP contribution is 2.18. The van der Waals surface area contributed by atoms with E-state index in [9.17, 15) is 9.59 Å². The summed E-state index contributed by atoms with van der Waals surface area (Å²) in [6, 6.07) is 0.395. The van der Waals surface area contributed by atoms with Crippen LogP contribution in [0.4, 0.5) is 0 Å². The van der Waals surface area contributed by atoms with Crippen molar-refractivity contribution in [2.45, 2.75) is 39.2 Å². The lowest BCUT2D eigenvalue weighted by Crippen LogP contribution is -2.39. The Morgan fingerprint density at radius 3 is 2.50 bits per heavy atom. The lowest BCUT2D eigenvalue weighted by molar-refractivity contribution is -0.125. The lowest BCUT2D eigenvalue weighted by atomic mass is 10.0. The highest BCUT2D eigenvalue weighted by Gasteiger charge is 2.24. The maximum Gasteiger partial charge on any atom is 0.234 e. The van der Waals surface area contributed by atoms with Crippen LogP contribution in [-0.4, -0.2) is 42.8 Å². The van der Waals surface area contributed by atoms with Crippen molar-refractivity contribution in [3.05, 3.63) is 0 Å². The quantitative estimate of drug-likeness (QED) is 0.699. The van der Waals surface area contributed by atoms with Gasteiger partial charge in [-0.15, -0.1) is 0 Å². The molecule has 0 aliphatic heterocycles. The zero-order valence-electron chi connectivity index (χ0n) is 10.5. The Bertz CT molecular complexity index is 262. The monoisotopic (exact) mass is 226 g/mol. The van der Waals surface area contributed by atoms with Crippen molar-refractivity contribution in [3.8, 4) is 0 Å². The van der Waals surface area contributed by atoms with Crippen molar-refractivity contribution in [2.75, 3.05) is 20.1 Å². The van der Waals surface area contributed by atoms with E-state index in [1.807, 2.05) is 20.9 Å². The number of nitrogens with zero attached hydrogens (tertiary/aromatic N) is 1. The second kappa shape index (κ2) is 5.99. The van der Waals surface area contributed by atoms with Gasteiger partial charge in [-0.1, -0.05) is 13.8 Å². The predicted octanol–water partition coefficient (Wildman–Crippen LogP) is 0.812. The number of likely N-dealkylation sites (N-methyl/N-ethyl adjacent to an activating group) is 1. The average molecular weight is 226 g/mol. The molecule has 4 nitrogen and oxygen atoms in total. The number of nitrogens with one attached hydrogen (secondary N) is 1. The maximum absolute atomic E-state index is 11.6. The number of amides is 1. The third kappa shape index (κ3) is 4.75. The minimum Gasteiger partial charge on any atom is -0.352 e. The van der Waals surface area contributed by atoms with Gasteiger partial charge in [0.15, 0.2) is 0 Å². The van der Waals surface area contributed by atoms with Crippen LogP contribution >= 0.6 is 0 Å². The number of rotatable bonds is 7. The van der Waals surface area contributed by atoms with Gasteiger partial charge in [0.2, 0.25) is 5.91 Å². The smallest absolute Gasteiger partial charge is 0.234 e. The second-order valence-corrected chi connectivity index (χ2v) is 4.79. The van der Waals surface area contributed by atoms with Crippen LogP contribution in [0.15, 0.2) is 0 Å². The van der Waals surface area contributed by atoms with Crippen molar-refractivity contribution in [1.82, 2.24) is 10.2 Å². The molecule has 0 spiro atoms. The van der Waals surface area contributed by atoms with Gasteiger partial charge in [0, 0.05) is 12.0 Å². The van der Waals surface area contributed by atoms with E-state index in [1.165, 1.54) is 0 Å². The Labute approximate surface area is 97.4 Å². The fourth-order valence-corrected chi connectivity index (χ4v) is 1.45. The largest absolute Gasteiger partial charge is 0.352 e. The van der Waals surface area contributed by atoms with E-state index < -0.39 is 0 Å². The molecule has 0 heterocycles. The first kappa shape index (κ1) is 13.2. The Balaban J connectivity index is 2.20. The molecule has 0 saturated heterocycles. The molecule has 0 aromatic rings. The minimum absolute atomic E-state index is 0.0296. The summed E-state index contributed by atoms with van der Waals surface area (Å²) >= 11 is 0. The van der Waals surface area contributed by atoms with Crippen molar-refractivity contribution >= 4 is 11.7 Å². The zero-order chi connectivity index (χ0) is 12.1. The maximum atomic E-state index is 11.6. The topological polar surface area (TPSA) is 49.4 Å². The van der Waals surface area contributed by atoms with Gasteiger partial charge in [-0.05, 0) is 26.3 Å². The van der Waals surface area contributed by atoms with E-state index in [0.29, 0.717) is 19.1 Å². The van der Waals surface area contributed by atoms with Crippen LogP contribution in [-0.2, 0) is 9.59 Å². The summed E-state index contributed by atoms with van der Waals surface area (Å²) in [5.74, 6) is 0.333. The first-order valence-corrected chi connectivity index (χ1v) is 6.03. The molecular weight excluding hydrogens is 204 g/mol. The summed E-state index contributed by atoms with van der Waals surface area (Å²) in [5.41, 5.74) is 0. The molecular formula is C12H22N2O2. The molecule has 1 rings (SSSR count). The predicted molar refractivity (Wildman–Crippen MR) is 63.1 cm³/mol. The Kier molecular flexibility index (Phi) is 4.93. The Morgan fingerprint density at radius 1 is 1.38 bits per heavy atom. The van der Waals surface area contributed by atoms with E-state index >= 15 is 0 Å². The molecule has 1 aliphatic carbocycles. The Hall–Kier alpha value is -0.900. The van der Waals surface area contributed by atoms with E-state index in [4.69, 9.17) is 0 Å². The zero-order valence-corrected chi connectivity index (χ0v) is 10.5. The van der Waals surface area contributed by atoms with Crippen molar-refractivity contribution in [1.29, 1.82) is 0 Å². The molecule has 1 atom stereocenters. The molecule has 0 bridgehead atoms. The standard InChI is InChI=1S/C12H22N2O2/c1-4-9(2)11(15)7-14(3)8-12(16)13-10-5-6-10/h9-10H,4-8H2,1-3H3,(H,13,16). The van der Waals surface area contributed by atoms with Crippen LogP contribution in [0.25, 0.3) is 0 Å². The van der Waals surface area contributed by atoms with Gasteiger partial charge in [0.1, 0.15) is 5.78 Å². The summed E-state index contributed by atoms with van der Waals surface area (Å²) in [7, 11) is 1.81. The summed E-state index contributed by atoms with van der Waals surface area (Å²) in [4.78, 5) is 24.9. The van der Waals surface area contributed by atoms with Gasteiger partial charge in [-0.2, -0.15) is 0 Å². The number of carbonyl (C=O) groups excluding carboxylic acids is 2. The average Bonchev–Trinajstić information content (AvgIpc) is 2.99. The number of hydrogen-bond acceptors (Lipinski definition) is 3. The van der Waals surface area contributed by atoms with Crippen LogP contribution < -0.4 is 5.32 Å². The summed E-state index contributed by atoms with van der Waals surface area (Å²) < 4.78 is 0. The second-order valence-electron chi connectivity index (χ2n) is 4.79. The van der Waals surface area contributed by atoms with Gasteiger partial charge < -0.3 is 5.32 Å². The number of ketones is 1. The van der Waals surface area contributed by atoms with Crippen LogP contribution in [0.2, 0.25) is 0 Å². The van der Waals surface area contributed by atoms with E-state index in [-0.39, 0.29) is 17.6 Å². The van der Waals surface area contributed by atoms with Crippen LogP contribution in [0.3, 0.4) is 0 Å². The molecule has 1 fully saturated rings. The van der Waals surface area contributed by atoms with Crippen molar-refractivity contribution in [3.63, 3.8) is 0 Å². The molecule has 0 aromatic heterocycles. The molecule has 1 amide bonds. The molecule has 1 saturated carbocycles. The van der Waals surface area contributed by atoms with Crippen molar-refractivity contribution in [2.24, 2.45) is 5.92 Å². The van der Waals surface area contributed by atoms with Crippen LogP contribution in [0, 0.1) is 5.92 Å². The molecule has 1 N–H and O–H groups in total. The molecule has 1 unspecified atom stereocenters. The van der Waals surface area contributed by atoms with Crippen LogP contribution in [0.5, 0.6) is 0 Å². The summed E-state index contributed by atoms with van der Waals surface area (Å²) in [5, 5.41) is 2.91. The van der Waals surface area contributed by atoms with E-state index in [0.717, 1.165) is 19.3 Å². The van der Waals surface area contributed by atoms with E-state index in [1.54, 1.807) is 4.90 Å². The first-order chi connectivity index (χ1) is 7.52. The fourth-order valence-electron chi connectivity index (χ4n) is 1.45. The van der Waals surface area contributed by atoms with Gasteiger partial charge in [0.05, 0.1) is 13.1 Å². The van der Waals surface area contributed by atoms with E-state index in [2.05, 4.69) is 5.32 Å². The molecule has 4 heteroatoms. The first-order valence-electron chi connectivity index (χ1n) is 6.03. The summed E-state index contributed by atoms with van der Waals surface area (Å²) in [6.45, 7) is 4.62. The lowest BCUT2D eigenvalue weighted by Gasteiger charge is -2.17. The normalized spacial score (nSPS) is 17.2. The minimum atomic E-state index is 0.0296. The third-order valence-corrected chi connectivity index (χ3v) is 2.94. The van der Waals surface area contributed by atoms with Crippen molar-refractivity contribution < 1.29 is 9.59 Å². The Morgan fingerprint density at radius 2 is 2.00 bits per heavy atom. The molecule has 1 aliphatic rings. The van der Waals surface area contributed by atoms with Gasteiger partial charge in [0.25, 0.3) is 0 Å². The molecule has 92 valence electrons. The van der Waals surface area contributed by atoms with Gasteiger partial charge >= 0.3 is 0 Å². The molecule has 16 heavy (non-hydrogen) atoms. The summed E-state index contributed by atoms with van der Waals surface area (Å²) in [6.07, 6.45) is 3.06. The highest BCUT2D eigenvalue weighted by atomic mass is 16.2. The fraction of sp³-hybridized carbons (Fsp3) is 0.833. The van der Waals surface area contributed by atoms with Crippen LogP contribution in [0.1, 0.15) is 33.1 Å². The van der Waals surface area contributed by atoms with Gasteiger partial charge in [-0.3, -0.25) is 14.5 Å².